The SMILES string of the molecule is CCCCC(CC)C(=O)OCCOC1(C)C=C(O)C(c2nc(-c3ccccc3)nc(-c3ccccc3)n2)=CC1. The smallest absolute Gasteiger partial charge is 0.308 e. The van der Waals surface area contributed by atoms with E-state index in [1.54, 1.807) is 6.08 Å². The summed E-state index contributed by atoms with van der Waals surface area (Å²) >= 11 is 0. The van der Waals surface area contributed by atoms with Gasteiger partial charge in [-0.25, -0.2) is 15.0 Å². The Balaban J connectivity index is 1.47. The molecule has 1 aliphatic carbocycles. The first kappa shape index (κ1) is 28.2. The molecule has 1 heterocycles. The maximum absolute atomic E-state index is 12.4. The largest absolute Gasteiger partial charge is 0.507 e. The summed E-state index contributed by atoms with van der Waals surface area (Å²) in [6.45, 7) is 6.44. The number of hydrogen-bond donors (Lipinski definition) is 1. The minimum Gasteiger partial charge on any atom is -0.507 e. The van der Waals surface area contributed by atoms with Crippen molar-refractivity contribution in [1.29, 1.82) is 0 Å². The summed E-state index contributed by atoms with van der Waals surface area (Å²) in [4.78, 5) is 26.5. The fourth-order valence-electron chi connectivity index (χ4n) is 4.54. The molecule has 3 aromatic rings. The molecule has 0 saturated heterocycles. The van der Waals surface area contributed by atoms with Gasteiger partial charge < -0.3 is 14.6 Å². The van der Waals surface area contributed by atoms with Crippen LogP contribution in [0.25, 0.3) is 28.3 Å². The number of aromatic nitrogens is 3. The van der Waals surface area contributed by atoms with Crippen LogP contribution in [-0.2, 0) is 14.3 Å². The minimum atomic E-state index is -0.746. The number of aliphatic hydroxyl groups is 1. The number of carbonyl (C=O) groups is 1. The van der Waals surface area contributed by atoms with Gasteiger partial charge in [0.25, 0.3) is 0 Å². The third kappa shape index (κ3) is 7.39. The number of ether oxygens (including phenoxy) is 2. The first-order valence-electron chi connectivity index (χ1n) is 13.7. The van der Waals surface area contributed by atoms with Crippen molar-refractivity contribution in [3.05, 3.63) is 84.4 Å². The van der Waals surface area contributed by atoms with E-state index in [1.165, 1.54) is 0 Å². The van der Waals surface area contributed by atoms with Crippen LogP contribution in [0.15, 0.2) is 78.6 Å². The molecule has 1 aromatic heterocycles. The zero-order chi connectivity index (χ0) is 27.7. The maximum Gasteiger partial charge on any atom is 0.308 e. The molecule has 39 heavy (non-hydrogen) atoms. The van der Waals surface area contributed by atoms with Crippen LogP contribution < -0.4 is 0 Å². The molecule has 0 aliphatic heterocycles. The molecule has 1 N–H and O–H groups in total. The van der Waals surface area contributed by atoms with Gasteiger partial charge in [-0.05, 0) is 32.3 Å². The molecule has 0 radical (unpaired) electrons. The van der Waals surface area contributed by atoms with E-state index >= 15 is 0 Å². The molecule has 0 bridgehead atoms. The van der Waals surface area contributed by atoms with Crippen molar-refractivity contribution in [3.63, 3.8) is 0 Å². The van der Waals surface area contributed by atoms with Gasteiger partial charge in [0.15, 0.2) is 17.5 Å². The highest BCUT2D eigenvalue weighted by molar-refractivity contribution is 5.76. The lowest BCUT2D eigenvalue weighted by Gasteiger charge is -2.29. The Kier molecular flexibility index (Phi) is 9.60. The van der Waals surface area contributed by atoms with Crippen LogP contribution >= 0.6 is 0 Å². The summed E-state index contributed by atoms with van der Waals surface area (Å²) in [6.07, 6.45) is 7.76. The van der Waals surface area contributed by atoms with Crippen LogP contribution in [0.4, 0.5) is 0 Å². The second-order valence-corrected chi connectivity index (χ2v) is 9.97. The number of allylic oxidation sites excluding steroid dienone is 1. The number of rotatable bonds is 12. The van der Waals surface area contributed by atoms with Crippen LogP contribution in [0.2, 0.25) is 0 Å². The molecule has 0 fully saturated rings. The lowest BCUT2D eigenvalue weighted by atomic mass is 9.92. The first-order valence-corrected chi connectivity index (χ1v) is 13.7. The van der Waals surface area contributed by atoms with E-state index in [0.717, 1.165) is 36.8 Å². The molecule has 2 atom stereocenters. The Morgan fingerprint density at radius 2 is 1.51 bits per heavy atom. The Labute approximate surface area is 230 Å². The molecule has 7 nitrogen and oxygen atoms in total. The lowest BCUT2D eigenvalue weighted by Crippen LogP contribution is -2.31. The van der Waals surface area contributed by atoms with Crippen LogP contribution in [-0.4, -0.2) is 44.8 Å². The van der Waals surface area contributed by atoms with E-state index in [4.69, 9.17) is 24.4 Å². The van der Waals surface area contributed by atoms with Gasteiger partial charge in [0.2, 0.25) is 0 Å². The number of benzene rings is 2. The Bertz CT molecular complexity index is 1250. The van der Waals surface area contributed by atoms with Crippen molar-refractivity contribution >= 4 is 11.5 Å². The molecule has 204 valence electrons. The van der Waals surface area contributed by atoms with Crippen LogP contribution in [0, 0.1) is 5.92 Å². The van der Waals surface area contributed by atoms with E-state index < -0.39 is 5.60 Å². The van der Waals surface area contributed by atoms with E-state index in [2.05, 4.69) is 6.92 Å². The van der Waals surface area contributed by atoms with E-state index in [0.29, 0.717) is 29.5 Å². The molecule has 0 saturated carbocycles. The molecule has 0 amide bonds. The normalized spacial score (nSPS) is 17.7. The maximum atomic E-state index is 12.4. The van der Waals surface area contributed by atoms with Crippen molar-refractivity contribution in [2.45, 2.75) is 58.5 Å². The van der Waals surface area contributed by atoms with Crippen molar-refractivity contribution < 1.29 is 19.4 Å². The molecule has 7 heteroatoms. The van der Waals surface area contributed by atoms with Gasteiger partial charge in [0.1, 0.15) is 12.4 Å². The number of aliphatic hydroxyl groups excluding tert-OH is 1. The number of nitrogens with zero attached hydrogens (tertiary/aromatic N) is 3. The van der Waals surface area contributed by atoms with Gasteiger partial charge in [-0.15, -0.1) is 0 Å². The van der Waals surface area contributed by atoms with Crippen molar-refractivity contribution in [3.8, 4) is 22.8 Å². The third-order valence-electron chi connectivity index (χ3n) is 6.86. The van der Waals surface area contributed by atoms with E-state index in [-0.39, 0.29) is 30.9 Å². The fraction of sp³-hybridized carbons (Fsp3) is 0.375. The zero-order valence-corrected chi connectivity index (χ0v) is 23.0. The second kappa shape index (κ2) is 13.3. The van der Waals surface area contributed by atoms with E-state index in [9.17, 15) is 9.90 Å². The predicted octanol–water partition coefficient (Wildman–Crippen LogP) is 6.97. The van der Waals surface area contributed by atoms with Crippen LogP contribution in [0.1, 0.15) is 58.7 Å². The van der Waals surface area contributed by atoms with Crippen molar-refractivity contribution in [2.75, 3.05) is 13.2 Å². The Hall–Kier alpha value is -3.84. The Morgan fingerprint density at radius 3 is 2.05 bits per heavy atom. The Morgan fingerprint density at radius 1 is 0.923 bits per heavy atom. The topological polar surface area (TPSA) is 94.4 Å². The quantitative estimate of drug-likeness (QED) is 0.201. The predicted molar refractivity (Wildman–Crippen MR) is 153 cm³/mol. The van der Waals surface area contributed by atoms with Crippen molar-refractivity contribution in [2.24, 2.45) is 5.92 Å². The zero-order valence-electron chi connectivity index (χ0n) is 23.0. The molecule has 0 spiro atoms. The second-order valence-electron chi connectivity index (χ2n) is 9.97. The number of esters is 1. The standard InChI is InChI=1S/C32H37N3O4/c1-4-6-13-23(5-2)31(37)38-20-21-39-32(3)19-18-26(27(36)22-32)30-34-28(24-14-9-7-10-15-24)33-29(35-30)25-16-11-8-12-17-25/h7-12,14-18,22-23,36H,4-6,13,19-21H2,1-3H3. The highest BCUT2D eigenvalue weighted by Crippen LogP contribution is 2.33. The summed E-state index contributed by atoms with van der Waals surface area (Å²) in [5.41, 5.74) is 1.51. The van der Waals surface area contributed by atoms with Gasteiger partial charge in [-0.2, -0.15) is 0 Å². The molecular formula is C32H37N3O4. The summed E-state index contributed by atoms with van der Waals surface area (Å²) in [7, 11) is 0. The molecular weight excluding hydrogens is 490 g/mol. The summed E-state index contributed by atoms with van der Waals surface area (Å²) in [5, 5.41) is 11.0. The monoisotopic (exact) mass is 527 g/mol. The highest BCUT2D eigenvalue weighted by Gasteiger charge is 2.29. The lowest BCUT2D eigenvalue weighted by molar-refractivity contribution is -0.151. The minimum absolute atomic E-state index is 0.0376. The van der Waals surface area contributed by atoms with Crippen LogP contribution in [0.3, 0.4) is 0 Å². The van der Waals surface area contributed by atoms with Gasteiger partial charge in [0, 0.05) is 11.1 Å². The average molecular weight is 528 g/mol. The van der Waals surface area contributed by atoms with Gasteiger partial charge in [0.05, 0.1) is 23.7 Å². The average Bonchev–Trinajstić information content (AvgIpc) is 2.96. The van der Waals surface area contributed by atoms with Gasteiger partial charge >= 0.3 is 5.97 Å². The van der Waals surface area contributed by atoms with Crippen LogP contribution in [0.5, 0.6) is 0 Å². The van der Waals surface area contributed by atoms with Crippen molar-refractivity contribution in [1.82, 2.24) is 15.0 Å². The molecule has 2 aromatic carbocycles. The van der Waals surface area contributed by atoms with Gasteiger partial charge in [-0.1, -0.05) is 93.4 Å². The number of hydrogen-bond acceptors (Lipinski definition) is 7. The van der Waals surface area contributed by atoms with E-state index in [1.807, 2.05) is 80.6 Å². The molecule has 2 unspecified atom stereocenters. The third-order valence-corrected chi connectivity index (χ3v) is 6.86. The summed E-state index contributed by atoms with van der Waals surface area (Å²) < 4.78 is 11.5. The number of unbranched alkanes of at least 4 members (excludes halogenated alkanes) is 1. The fourth-order valence-corrected chi connectivity index (χ4v) is 4.54. The molecule has 4 rings (SSSR count). The first-order chi connectivity index (χ1) is 18.9. The highest BCUT2D eigenvalue weighted by atomic mass is 16.6. The number of carbonyl (C=O) groups excluding carboxylic acids is 1. The summed E-state index contributed by atoms with van der Waals surface area (Å²) in [6, 6.07) is 19.4. The van der Waals surface area contributed by atoms with Gasteiger partial charge in [-0.3, -0.25) is 4.79 Å². The summed E-state index contributed by atoms with van der Waals surface area (Å²) in [5.74, 6) is 1.27. The molecule has 1 aliphatic rings.